The standard InChI is InChI=1S/C39H46N4O5/c1-3-12-33-36(38(45)46)35(29-18-20-32(21-19-29)43(47)48)37(34(40-33)13-4-2)42(28-44)25-11-24-41-26-22-39(23-27-41,30-14-7-5-8-15-30)31-16-9-6-10-17-31/h5-10,14-21,28,35-36H,3-4,11-13,22-27H2,1-2H3,(H,45,46). The van der Waals surface area contributed by atoms with Gasteiger partial charge in [-0.25, -0.2) is 0 Å². The lowest BCUT2D eigenvalue weighted by atomic mass is 9.68. The second kappa shape index (κ2) is 16.0. The summed E-state index contributed by atoms with van der Waals surface area (Å²) >= 11 is 0. The van der Waals surface area contributed by atoms with Crippen LogP contribution in [0, 0.1) is 16.0 Å². The highest BCUT2D eigenvalue weighted by molar-refractivity contribution is 6.04. The lowest BCUT2D eigenvalue weighted by Gasteiger charge is -2.43. The van der Waals surface area contributed by atoms with Gasteiger partial charge in [0.1, 0.15) is 5.92 Å². The Labute approximate surface area is 283 Å². The van der Waals surface area contributed by atoms with Gasteiger partial charge in [-0.3, -0.25) is 24.7 Å². The second-order valence-electron chi connectivity index (χ2n) is 12.9. The predicted octanol–water partition coefficient (Wildman–Crippen LogP) is 7.58. The van der Waals surface area contributed by atoms with Gasteiger partial charge in [-0.1, -0.05) is 99.5 Å². The quantitative estimate of drug-likeness (QED) is 0.103. The first-order chi connectivity index (χ1) is 23.3. The number of aliphatic carboxylic acids is 1. The summed E-state index contributed by atoms with van der Waals surface area (Å²) in [6, 6.07) is 27.6. The molecule has 5 rings (SSSR count). The fraction of sp³-hybridized carbons (Fsp3) is 0.410. The topological polar surface area (TPSA) is 116 Å². The third-order valence-corrected chi connectivity index (χ3v) is 9.96. The second-order valence-corrected chi connectivity index (χ2v) is 12.9. The van der Waals surface area contributed by atoms with Crippen LogP contribution in [0.4, 0.5) is 5.69 Å². The van der Waals surface area contributed by atoms with Crippen molar-refractivity contribution in [2.75, 3.05) is 26.2 Å². The third kappa shape index (κ3) is 7.41. The van der Waals surface area contributed by atoms with E-state index in [0.29, 0.717) is 42.8 Å². The van der Waals surface area contributed by atoms with Crippen LogP contribution in [0.15, 0.2) is 101 Å². The Morgan fingerprint density at radius 2 is 1.54 bits per heavy atom. The van der Waals surface area contributed by atoms with Crippen molar-refractivity contribution < 1.29 is 19.6 Å². The number of amides is 1. The largest absolute Gasteiger partial charge is 0.481 e. The molecular weight excluding hydrogens is 604 g/mol. The molecule has 0 spiro atoms. The Bertz CT molecular complexity index is 1570. The lowest BCUT2D eigenvalue weighted by molar-refractivity contribution is -0.384. The van der Waals surface area contributed by atoms with Gasteiger partial charge in [-0.2, -0.15) is 0 Å². The van der Waals surface area contributed by atoms with Gasteiger partial charge in [-0.05, 0) is 68.4 Å². The first-order valence-corrected chi connectivity index (χ1v) is 17.2. The smallest absolute Gasteiger partial charge is 0.313 e. The Balaban J connectivity index is 1.38. The number of piperidine rings is 1. The number of carboxylic acid groups (broad SMARTS) is 1. The van der Waals surface area contributed by atoms with Crippen molar-refractivity contribution in [3.05, 3.63) is 123 Å². The summed E-state index contributed by atoms with van der Waals surface area (Å²) < 4.78 is 0. The van der Waals surface area contributed by atoms with Crippen LogP contribution in [-0.2, 0) is 15.0 Å². The zero-order valence-corrected chi connectivity index (χ0v) is 28.0. The van der Waals surface area contributed by atoms with E-state index in [1.165, 1.54) is 23.3 Å². The summed E-state index contributed by atoms with van der Waals surface area (Å²) in [5, 5.41) is 21.9. The molecule has 0 aliphatic carbocycles. The Morgan fingerprint density at radius 3 is 2.04 bits per heavy atom. The maximum atomic E-state index is 12.9. The number of benzene rings is 3. The molecule has 0 aromatic heterocycles. The number of nitro benzene ring substituents is 1. The normalized spacial score (nSPS) is 19.4. The molecule has 1 fully saturated rings. The maximum absolute atomic E-state index is 12.9. The van der Waals surface area contributed by atoms with Crippen LogP contribution in [0.5, 0.6) is 0 Å². The number of hydrogen-bond donors (Lipinski definition) is 1. The van der Waals surface area contributed by atoms with E-state index in [2.05, 4.69) is 65.6 Å². The number of likely N-dealkylation sites (tertiary alicyclic amines) is 1. The molecule has 252 valence electrons. The predicted molar refractivity (Wildman–Crippen MR) is 188 cm³/mol. The van der Waals surface area contributed by atoms with Crippen LogP contribution in [-0.4, -0.2) is 64.1 Å². The fourth-order valence-corrected chi connectivity index (χ4v) is 7.61. The molecule has 3 aromatic rings. The molecule has 2 aliphatic rings. The van der Waals surface area contributed by atoms with Crippen LogP contribution < -0.4 is 0 Å². The van der Waals surface area contributed by atoms with E-state index in [0.717, 1.165) is 57.4 Å². The highest BCUT2D eigenvalue weighted by atomic mass is 16.6. The average molecular weight is 651 g/mol. The van der Waals surface area contributed by atoms with Crippen LogP contribution in [0.3, 0.4) is 0 Å². The van der Waals surface area contributed by atoms with E-state index in [4.69, 9.17) is 4.99 Å². The SMILES string of the molecule is CCCC1=NC(CCC)=C(N(C=O)CCCN2CCC(c3ccccc3)(c3ccccc3)CC2)C(c2ccc([N+](=O)[O-])cc2)C1C(=O)O. The van der Waals surface area contributed by atoms with Gasteiger partial charge in [0.15, 0.2) is 0 Å². The molecule has 1 amide bonds. The van der Waals surface area contributed by atoms with E-state index in [1.54, 1.807) is 17.0 Å². The number of carboxylic acids is 1. The number of nitro groups is 1. The molecule has 1 saturated heterocycles. The van der Waals surface area contributed by atoms with E-state index in [9.17, 15) is 24.8 Å². The van der Waals surface area contributed by atoms with Crippen LogP contribution >= 0.6 is 0 Å². The summed E-state index contributed by atoms with van der Waals surface area (Å²) in [6.45, 7) is 7.09. The van der Waals surface area contributed by atoms with Gasteiger partial charge in [0.05, 0.1) is 16.3 Å². The zero-order valence-electron chi connectivity index (χ0n) is 28.0. The minimum Gasteiger partial charge on any atom is -0.481 e. The Morgan fingerprint density at radius 1 is 0.958 bits per heavy atom. The molecule has 2 unspecified atom stereocenters. The number of allylic oxidation sites excluding steroid dienone is 2. The molecule has 3 aromatic carbocycles. The van der Waals surface area contributed by atoms with Crippen molar-refractivity contribution in [1.82, 2.24) is 9.80 Å². The number of nitrogens with zero attached hydrogens (tertiary/aromatic N) is 4. The van der Waals surface area contributed by atoms with Crippen LogP contribution in [0.25, 0.3) is 0 Å². The summed E-state index contributed by atoms with van der Waals surface area (Å²) in [5.41, 5.74) is 5.09. The molecule has 0 bridgehead atoms. The first-order valence-electron chi connectivity index (χ1n) is 17.2. The van der Waals surface area contributed by atoms with Gasteiger partial charge >= 0.3 is 5.97 Å². The lowest BCUT2D eigenvalue weighted by Crippen LogP contribution is -2.44. The van der Waals surface area contributed by atoms with Crippen molar-refractivity contribution in [1.29, 1.82) is 0 Å². The molecule has 48 heavy (non-hydrogen) atoms. The maximum Gasteiger partial charge on any atom is 0.313 e. The highest BCUT2D eigenvalue weighted by Gasteiger charge is 2.42. The van der Waals surface area contributed by atoms with Crippen molar-refractivity contribution in [2.24, 2.45) is 10.9 Å². The van der Waals surface area contributed by atoms with Crippen molar-refractivity contribution in [3.63, 3.8) is 0 Å². The minimum absolute atomic E-state index is 0.0478. The van der Waals surface area contributed by atoms with Crippen molar-refractivity contribution in [2.45, 2.75) is 70.1 Å². The number of non-ortho nitro benzene ring substituents is 1. The van der Waals surface area contributed by atoms with E-state index < -0.39 is 22.7 Å². The van der Waals surface area contributed by atoms with Gasteiger partial charge in [0.25, 0.3) is 5.69 Å². The fourth-order valence-electron chi connectivity index (χ4n) is 7.61. The van der Waals surface area contributed by atoms with Gasteiger partial charge in [-0.15, -0.1) is 0 Å². The summed E-state index contributed by atoms with van der Waals surface area (Å²) in [5.74, 6) is -2.69. The number of carbonyl (C=O) groups excluding carboxylic acids is 1. The molecule has 2 aliphatic heterocycles. The van der Waals surface area contributed by atoms with E-state index in [1.807, 2.05) is 13.8 Å². The highest BCUT2D eigenvalue weighted by Crippen LogP contribution is 2.44. The average Bonchev–Trinajstić information content (AvgIpc) is 3.11. The van der Waals surface area contributed by atoms with Crippen LogP contribution in [0.2, 0.25) is 0 Å². The zero-order chi connectivity index (χ0) is 34.1. The molecule has 2 atom stereocenters. The first kappa shape index (κ1) is 34.7. The molecule has 1 N–H and O–H groups in total. The summed E-state index contributed by atoms with van der Waals surface area (Å²) in [4.78, 5) is 45.7. The number of aliphatic imine (C=N–C) groups is 1. The number of rotatable bonds is 15. The van der Waals surface area contributed by atoms with Gasteiger partial charge in [0, 0.05) is 35.7 Å². The van der Waals surface area contributed by atoms with Gasteiger partial charge < -0.3 is 14.9 Å². The molecule has 9 nitrogen and oxygen atoms in total. The summed E-state index contributed by atoms with van der Waals surface area (Å²) in [7, 11) is 0. The molecule has 0 saturated carbocycles. The van der Waals surface area contributed by atoms with E-state index >= 15 is 0 Å². The number of carbonyl (C=O) groups is 2. The Hall–Kier alpha value is -4.63. The molecular formula is C39H46N4O5. The third-order valence-electron chi connectivity index (χ3n) is 9.96. The number of hydrogen-bond acceptors (Lipinski definition) is 6. The van der Waals surface area contributed by atoms with Crippen LogP contribution in [0.1, 0.15) is 81.4 Å². The van der Waals surface area contributed by atoms with Gasteiger partial charge in [0.2, 0.25) is 6.41 Å². The van der Waals surface area contributed by atoms with Crippen molar-refractivity contribution in [3.8, 4) is 0 Å². The molecule has 9 heteroatoms. The Kier molecular flexibility index (Phi) is 11.5. The summed E-state index contributed by atoms with van der Waals surface area (Å²) in [6.07, 6.45) is 6.10. The van der Waals surface area contributed by atoms with E-state index in [-0.39, 0.29) is 11.1 Å². The monoisotopic (exact) mass is 650 g/mol. The van der Waals surface area contributed by atoms with Crippen molar-refractivity contribution >= 4 is 23.8 Å². The molecule has 0 radical (unpaired) electrons. The molecule has 2 heterocycles. The minimum atomic E-state index is -1.02.